The normalized spacial score (nSPS) is 33.3. The van der Waals surface area contributed by atoms with Crippen molar-refractivity contribution >= 4 is 0 Å². The summed E-state index contributed by atoms with van der Waals surface area (Å²) < 4.78 is 13.2. The maximum absolute atomic E-state index is 13.2. The van der Waals surface area contributed by atoms with Crippen LogP contribution in [0, 0.1) is 0 Å². The van der Waals surface area contributed by atoms with Crippen LogP contribution in [0.1, 0.15) is 26.7 Å². The molecule has 4 N–H and O–H groups in total. The van der Waals surface area contributed by atoms with Crippen molar-refractivity contribution < 1.29 is 14.6 Å². The molecule has 80 valence electrons. The lowest BCUT2D eigenvalue weighted by molar-refractivity contribution is -0.139. The van der Waals surface area contributed by atoms with Crippen LogP contribution < -0.4 is 5.73 Å². The molecule has 0 aromatic carbocycles. The van der Waals surface area contributed by atoms with Gasteiger partial charge in [0.25, 0.3) is 0 Å². The number of halogens is 1. The zero-order chi connectivity index (χ0) is 10.9. The van der Waals surface area contributed by atoms with Gasteiger partial charge in [0.05, 0.1) is 0 Å². The molecule has 14 heavy (non-hydrogen) atoms. The molecule has 0 aromatic rings. The topological polar surface area (TPSA) is 66.5 Å². The fourth-order valence-electron chi connectivity index (χ4n) is 1.89. The van der Waals surface area contributed by atoms with E-state index >= 15 is 0 Å². The minimum absolute atomic E-state index is 0.0706. The van der Waals surface area contributed by atoms with Crippen molar-refractivity contribution in [3.05, 3.63) is 23.0 Å². The third-order valence-corrected chi connectivity index (χ3v) is 2.55. The van der Waals surface area contributed by atoms with Crippen LogP contribution in [0.4, 0.5) is 4.39 Å². The van der Waals surface area contributed by atoms with Gasteiger partial charge in [-0.05, 0) is 25.8 Å². The van der Waals surface area contributed by atoms with E-state index in [4.69, 9.17) is 5.73 Å². The smallest absolute Gasteiger partial charge is 0.192 e. The predicted molar refractivity (Wildman–Crippen MR) is 51.9 cm³/mol. The van der Waals surface area contributed by atoms with Gasteiger partial charge in [-0.1, -0.05) is 6.08 Å². The van der Waals surface area contributed by atoms with Gasteiger partial charge in [-0.2, -0.15) is 0 Å². The summed E-state index contributed by atoms with van der Waals surface area (Å²) in [5.74, 6) is -2.66. The molecule has 1 fully saturated rings. The van der Waals surface area contributed by atoms with E-state index in [1.165, 1.54) is 6.92 Å². The highest BCUT2D eigenvalue weighted by atomic mass is 19.1. The number of rotatable bonds is 0. The maximum atomic E-state index is 13.2. The summed E-state index contributed by atoms with van der Waals surface area (Å²) in [7, 11) is 0. The van der Waals surface area contributed by atoms with Crippen molar-refractivity contribution in [1.82, 2.24) is 0 Å². The van der Waals surface area contributed by atoms with E-state index in [0.717, 1.165) is 0 Å². The minimum Gasteiger partial charge on any atom is -0.362 e. The molecule has 3 nitrogen and oxygen atoms in total. The summed E-state index contributed by atoms with van der Waals surface area (Å²) in [6.45, 7) is 2.91. The van der Waals surface area contributed by atoms with Crippen LogP contribution >= 0.6 is 0 Å². The monoisotopic (exact) mass is 201 g/mol. The largest absolute Gasteiger partial charge is 0.362 e. The summed E-state index contributed by atoms with van der Waals surface area (Å²) in [5, 5.41) is 19.2. The fraction of sp³-hybridized carbons (Fsp3) is 0.600. The molecule has 0 saturated heterocycles. The summed E-state index contributed by atoms with van der Waals surface area (Å²) in [6, 6.07) is -0.312. The van der Waals surface area contributed by atoms with Gasteiger partial charge >= 0.3 is 0 Å². The van der Waals surface area contributed by atoms with Gasteiger partial charge in [0.1, 0.15) is 5.83 Å². The molecule has 0 heterocycles. The number of aliphatic hydroxyl groups is 2. The highest BCUT2D eigenvalue weighted by Crippen LogP contribution is 2.37. The van der Waals surface area contributed by atoms with Gasteiger partial charge in [-0.15, -0.1) is 0 Å². The SMILES string of the molecule is CC=C1/C(=C(\C)F)C(O)(O)CCC1N. The summed E-state index contributed by atoms with van der Waals surface area (Å²) in [5.41, 5.74) is 6.16. The molecule has 0 spiro atoms. The molecule has 1 aliphatic rings. The van der Waals surface area contributed by atoms with Gasteiger partial charge in [0.2, 0.25) is 0 Å². The molecular weight excluding hydrogens is 185 g/mol. The first-order valence-electron chi connectivity index (χ1n) is 4.64. The van der Waals surface area contributed by atoms with Crippen LogP contribution in [0.15, 0.2) is 23.0 Å². The Hall–Kier alpha value is -0.710. The molecule has 0 aliphatic heterocycles. The van der Waals surface area contributed by atoms with Crippen LogP contribution in [0.5, 0.6) is 0 Å². The van der Waals surface area contributed by atoms with Crippen molar-refractivity contribution in [1.29, 1.82) is 0 Å². The number of hydrogen-bond donors (Lipinski definition) is 3. The van der Waals surface area contributed by atoms with Crippen molar-refractivity contribution in [3.63, 3.8) is 0 Å². The van der Waals surface area contributed by atoms with Gasteiger partial charge in [0.15, 0.2) is 5.79 Å². The second kappa shape index (κ2) is 3.81. The highest BCUT2D eigenvalue weighted by molar-refractivity contribution is 5.43. The van der Waals surface area contributed by atoms with Crippen molar-refractivity contribution in [2.45, 2.75) is 38.5 Å². The first kappa shape index (κ1) is 11.4. The van der Waals surface area contributed by atoms with Crippen molar-refractivity contribution in [2.75, 3.05) is 0 Å². The van der Waals surface area contributed by atoms with Crippen LogP contribution in [0.2, 0.25) is 0 Å². The van der Waals surface area contributed by atoms with Crippen LogP contribution in [0.25, 0.3) is 0 Å². The van der Waals surface area contributed by atoms with E-state index in [2.05, 4.69) is 0 Å². The predicted octanol–water partition coefficient (Wildman–Crippen LogP) is 0.978. The number of nitrogens with two attached hydrogens (primary N) is 1. The Labute approximate surface area is 82.7 Å². The Morgan fingerprint density at radius 2 is 2.21 bits per heavy atom. The standard InChI is InChI=1S/C10H16FNO2/c1-3-7-8(12)4-5-10(13,14)9(7)6(2)11/h3,8,13-14H,4-5,12H2,1-2H3/b7-3?,9-6-. The number of hydrogen-bond acceptors (Lipinski definition) is 3. The average molecular weight is 201 g/mol. The van der Waals surface area contributed by atoms with Crippen molar-refractivity contribution in [2.24, 2.45) is 5.73 Å². The second-order valence-corrected chi connectivity index (χ2v) is 3.61. The first-order valence-corrected chi connectivity index (χ1v) is 4.64. The Balaban J connectivity index is 3.21. The Bertz CT molecular complexity index is 290. The maximum Gasteiger partial charge on any atom is 0.192 e. The lowest BCUT2D eigenvalue weighted by atomic mass is 9.81. The van der Waals surface area contributed by atoms with Gasteiger partial charge in [-0.3, -0.25) is 0 Å². The van der Waals surface area contributed by atoms with E-state index in [0.29, 0.717) is 12.0 Å². The molecule has 1 aliphatic carbocycles. The molecule has 0 radical (unpaired) electrons. The van der Waals surface area contributed by atoms with E-state index in [1.54, 1.807) is 13.0 Å². The van der Waals surface area contributed by atoms with E-state index in [9.17, 15) is 14.6 Å². The molecule has 1 atom stereocenters. The highest BCUT2D eigenvalue weighted by Gasteiger charge is 2.39. The van der Waals surface area contributed by atoms with E-state index in [1.807, 2.05) is 0 Å². The van der Waals surface area contributed by atoms with E-state index in [-0.39, 0.29) is 18.0 Å². The molecule has 0 aromatic heterocycles. The minimum atomic E-state index is -2.07. The molecule has 4 heteroatoms. The number of allylic oxidation sites excluding steroid dienone is 2. The van der Waals surface area contributed by atoms with Gasteiger partial charge in [0, 0.05) is 18.0 Å². The summed E-state index contributed by atoms with van der Waals surface area (Å²) >= 11 is 0. The Morgan fingerprint density at radius 3 is 2.57 bits per heavy atom. The summed E-state index contributed by atoms with van der Waals surface area (Å²) in [6.07, 6.45) is 2.15. The summed E-state index contributed by atoms with van der Waals surface area (Å²) in [4.78, 5) is 0. The van der Waals surface area contributed by atoms with Gasteiger partial charge < -0.3 is 15.9 Å². The lowest BCUT2D eigenvalue weighted by Crippen LogP contribution is -2.43. The molecule has 1 rings (SSSR count). The van der Waals surface area contributed by atoms with Gasteiger partial charge in [-0.25, -0.2) is 4.39 Å². The van der Waals surface area contributed by atoms with Crippen LogP contribution in [-0.4, -0.2) is 22.0 Å². The zero-order valence-corrected chi connectivity index (χ0v) is 8.42. The fourth-order valence-corrected chi connectivity index (χ4v) is 1.89. The lowest BCUT2D eigenvalue weighted by Gasteiger charge is -2.35. The van der Waals surface area contributed by atoms with Crippen molar-refractivity contribution in [3.8, 4) is 0 Å². The Kier molecular flexibility index (Phi) is 3.09. The third-order valence-electron chi connectivity index (χ3n) is 2.55. The molecule has 1 unspecified atom stereocenters. The molecule has 0 amide bonds. The quantitative estimate of drug-likeness (QED) is 0.512. The van der Waals surface area contributed by atoms with Crippen LogP contribution in [0.3, 0.4) is 0 Å². The first-order chi connectivity index (χ1) is 6.40. The Morgan fingerprint density at radius 1 is 1.64 bits per heavy atom. The molecular formula is C10H16FNO2. The third kappa shape index (κ3) is 1.87. The average Bonchev–Trinajstić information content (AvgIpc) is 2.07. The molecule has 0 bridgehead atoms. The van der Waals surface area contributed by atoms with E-state index < -0.39 is 11.6 Å². The van der Waals surface area contributed by atoms with Crippen LogP contribution in [-0.2, 0) is 0 Å². The zero-order valence-electron chi connectivity index (χ0n) is 8.42. The molecule has 1 saturated carbocycles. The second-order valence-electron chi connectivity index (χ2n) is 3.61.